The van der Waals surface area contributed by atoms with Gasteiger partial charge in [-0.2, -0.15) is 0 Å². The normalized spacial score (nSPS) is 12.9. The van der Waals surface area contributed by atoms with Crippen molar-refractivity contribution in [1.29, 1.82) is 0 Å². The number of amides is 2. The molecule has 3 atom stereocenters. The average molecular weight is 718 g/mol. The van der Waals surface area contributed by atoms with Crippen molar-refractivity contribution in [1.82, 2.24) is 20.5 Å². The van der Waals surface area contributed by atoms with E-state index in [0.717, 1.165) is 23.4 Å². The molecule has 1 aromatic heterocycles. The van der Waals surface area contributed by atoms with E-state index in [-0.39, 0.29) is 56.0 Å². The first-order valence-electron chi connectivity index (χ1n) is 16.5. The summed E-state index contributed by atoms with van der Waals surface area (Å²) < 4.78 is 30.9. The van der Waals surface area contributed by atoms with E-state index >= 15 is 0 Å². The molecule has 0 aliphatic rings. The second kappa shape index (κ2) is 20.8. The van der Waals surface area contributed by atoms with Crippen LogP contribution >= 0.6 is 0 Å². The molecular weight excluding hydrogens is 668 g/mol. The summed E-state index contributed by atoms with van der Waals surface area (Å²) in [4.78, 5) is 46.8. The van der Waals surface area contributed by atoms with Crippen molar-refractivity contribution in [3.8, 4) is 11.1 Å². The molecule has 2 amide bonds. The number of aliphatic carboxylic acids is 2. The van der Waals surface area contributed by atoms with Crippen molar-refractivity contribution in [3.63, 3.8) is 0 Å². The number of aliphatic hydroxyl groups excluding tert-OH is 2. The van der Waals surface area contributed by atoms with Gasteiger partial charge in [-0.1, -0.05) is 51.1 Å². The van der Waals surface area contributed by atoms with Gasteiger partial charge in [-0.25, -0.2) is 13.6 Å². The summed E-state index contributed by atoms with van der Waals surface area (Å²) in [5.74, 6) is -4.76. The minimum Gasteiger partial charge on any atom is -0.481 e. The Bertz CT molecular complexity index is 1580. The molecule has 0 saturated carbocycles. The lowest BCUT2D eigenvalue weighted by atomic mass is 9.84. The predicted molar refractivity (Wildman–Crippen MR) is 186 cm³/mol. The highest BCUT2D eigenvalue weighted by Crippen LogP contribution is 2.37. The summed E-state index contributed by atoms with van der Waals surface area (Å²) in [7, 11) is 0. The van der Waals surface area contributed by atoms with E-state index in [2.05, 4.69) is 16.0 Å². The molecule has 3 rings (SSSR count). The van der Waals surface area contributed by atoms with E-state index in [1.54, 1.807) is 6.20 Å². The minimum absolute atomic E-state index is 0.0892. The molecule has 15 heteroatoms. The van der Waals surface area contributed by atoms with Crippen LogP contribution in [0.4, 0.5) is 8.78 Å². The van der Waals surface area contributed by atoms with Crippen LogP contribution in [0, 0.1) is 17.0 Å². The molecule has 0 unspecified atom stereocenters. The standard InChI is InChI=1S/C34H43F2N5O6.C2H6O2/c1-34(2,3)31(38-15-13-26(37)32(45)39-16-14-29(42)40-27(33(46)47)11-12-30(43)44)28-17-22(24-18-23(35)9-10-25(24)36)20-41(28)19-21-7-5-4-6-8-21;3-1-2-4/h4-10,17-18,20,26-27,31,38H,11-16,19,37H2,1-3H3,(H,39,45)(H,40,42)(H,43,44)(H,46,47);3-4H,1-2H2/t26-,27+,31-;/m0./s1. The molecule has 0 bridgehead atoms. The smallest absolute Gasteiger partial charge is 0.326 e. The number of aliphatic hydroxyl groups is 2. The fraction of sp³-hybridized carbons (Fsp3) is 0.444. The van der Waals surface area contributed by atoms with E-state index in [4.69, 9.17) is 21.1 Å². The molecule has 1 heterocycles. The summed E-state index contributed by atoms with van der Waals surface area (Å²) in [6.07, 6.45) is 1.15. The third-order valence-electron chi connectivity index (χ3n) is 7.70. The average Bonchev–Trinajstić information content (AvgIpc) is 3.48. The van der Waals surface area contributed by atoms with Gasteiger partial charge in [0, 0.05) is 48.9 Å². The summed E-state index contributed by atoms with van der Waals surface area (Å²) in [6.45, 7) is 6.61. The number of carboxylic acids is 2. The molecule has 13 nitrogen and oxygen atoms in total. The van der Waals surface area contributed by atoms with Crippen molar-refractivity contribution in [2.75, 3.05) is 26.3 Å². The van der Waals surface area contributed by atoms with E-state index in [9.17, 15) is 33.1 Å². The SMILES string of the molecule is CC(C)(C)[C@@H](NCC[C@H](N)C(=O)NCCC(=O)N[C@H](CCC(=O)O)C(=O)O)c1cc(-c2cc(F)ccc2F)cn1Cc1ccccc1.OCCO. The fourth-order valence-corrected chi connectivity index (χ4v) is 5.14. The van der Waals surface area contributed by atoms with Crippen LogP contribution in [0.1, 0.15) is 63.8 Å². The van der Waals surface area contributed by atoms with Crippen LogP contribution in [0.15, 0.2) is 60.8 Å². The number of nitrogens with two attached hydrogens (primary N) is 1. The van der Waals surface area contributed by atoms with Crippen molar-refractivity contribution in [2.24, 2.45) is 11.1 Å². The van der Waals surface area contributed by atoms with Crippen LogP contribution < -0.4 is 21.7 Å². The second-order valence-corrected chi connectivity index (χ2v) is 12.9. The first kappa shape index (κ1) is 42.5. The Balaban J connectivity index is 0.00000213. The van der Waals surface area contributed by atoms with Gasteiger partial charge in [0.2, 0.25) is 11.8 Å². The number of benzene rings is 2. The highest BCUT2D eigenvalue weighted by molar-refractivity contribution is 5.85. The molecule has 51 heavy (non-hydrogen) atoms. The summed E-state index contributed by atoms with van der Waals surface area (Å²) in [6, 6.07) is 12.4. The van der Waals surface area contributed by atoms with Crippen LogP contribution in [0.25, 0.3) is 11.1 Å². The molecule has 9 N–H and O–H groups in total. The zero-order valence-corrected chi connectivity index (χ0v) is 29.1. The molecule has 0 saturated heterocycles. The highest BCUT2D eigenvalue weighted by Gasteiger charge is 2.30. The summed E-state index contributed by atoms with van der Waals surface area (Å²) in [5, 5.41) is 41.5. The molecule has 0 spiro atoms. The van der Waals surface area contributed by atoms with Gasteiger partial charge in [-0.15, -0.1) is 0 Å². The van der Waals surface area contributed by atoms with Gasteiger partial charge in [0.15, 0.2) is 0 Å². The number of rotatable bonds is 18. The van der Waals surface area contributed by atoms with Crippen LogP contribution in [0.3, 0.4) is 0 Å². The Morgan fingerprint density at radius 2 is 1.57 bits per heavy atom. The number of aromatic nitrogens is 1. The van der Waals surface area contributed by atoms with Crippen molar-refractivity contribution < 1.29 is 48.4 Å². The number of hydrogen-bond donors (Lipinski definition) is 8. The van der Waals surface area contributed by atoms with Gasteiger partial charge in [0.05, 0.1) is 25.3 Å². The molecule has 2 aromatic carbocycles. The van der Waals surface area contributed by atoms with Gasteiger partial charge >= 0.3 is 11.9 Å². The van der Waals surface area contributed by atoms with Crippen LogP contribution in [0.5, 0.6) is 0 Å². The Morgan fingerprint density at radius 1 is 0.902 bits per heavy atom. The van der Waals surface area contributed by atoms with E-state index in [1.165, 1.54) is 6.07 Å². The molecule has 0 aliphatic heterocycles. The number of carbonyl (C=O) groups is 4. The molecule has 0 radical (unpaired) electrons. The molecular formula is C36H49F2N5O8. The van der Waals surface area contributed by atoms with Crippen LogP contribution in [-0.4, -0.2) is 87.1 Å². The number of carbonyl (C=O) groups excluding carboxylic acids is 2. The predicted octanol–water partition coefficient (Wildman–Crippen LogP) is 2.79. The van der Waals surface area contributed by atoms with Gasteiger partial charge in [-0.3, -0.25) is 14.4 Å². The summed E-state index contributed by atoms with van der Waals surface area (Å²) >= 11 is 0. The number of hydrogen-bond acceptors (Lipinski definition) is 8. The van der Waals surface area contributed by atoms with Gasteiger partial charge in [-0.05, 0) is 54.6 Å². The second-order valence-electron chi connectivity index (χ2n) is 12.9. The topological polar surface area (TPSA) is 216 Å². The lowest BCUT2D eigenvalue weighted by Crippen LogP contribution is -2.45. The molecule has 280 valence electrons. The zero-order valence-electron chi connectivity index (χ0n) is 29.1. The van der Waals surface area contributed by atoms with Crippen LogP contribution in [-0.2, 0) is 25.7 Å². The maximum Gasteiger partial charge on any atom is 0.326 e. The first-order chi connectivity index (χ1) is 24.1. The number of carboxylic acid groups (broad SMARTS) is 2. The van der Waals surface area contributed by atoms with E-state index < -0.39 is 53.9 Å². The number of halogens is 2. The zero-order chi connectivity index (χ0) is 38.1. The highest BCUT2D eigenvalue weighted by atomic mass is 19.1. The minimum atomic E-state index is -1.35. The monoisotopic (exact) mass is 717 g/mol. The maximum absolute atomic E-state index is 14.8. The lowest BCUT2D eigenvalue weighted by molar-refractivity contribution is -0.143. The molecule has 0 aliphatic carbocycles. The quantitative estimate of drug-likeness (QED) is 0.0963. The van der Waals surface area contributed by atoms with Gasteiger partial charge < -0.3 is 46.7 Å². The van der Waals surface area contributed by atoms with Crippen molar-refractivity contribution in [3.05, 3.63) is 83.7 Å². The molecule has 0 fully saturated rings. The van der Waals surface area contributed by atoms with E-state index in [0.29, 0.717) is 18.7 Å². The Morgan fingerprint density at radius 3 is 2.16 bits per heavy atom. The van der Waals surface area contributed by atoms with Crippen LogP contribution in [0.2, 0.25) is 0 Å². The third-order valence-corrected chi connectivity index (χ3v) is 7.70. The fourth-order valence-electron chi connectivity index (χ4n) is 5.14. The third kappa shape index (κ3) is 14.6. The largest absolute Gasteiger partial charge is 0.481 e. The summed E-state index contributed by atoms with van der Waals surface area (Å²) in [5.41, 5.74) is 8.33. The first-order valence-corrected chi connectivity index (χ1v) is 16.5. The number of nitrogens with one attached hydrogen (secondary N) is 3. The number of nitrogens with zero attached hydrogens (tertiary/aromatic N) is 1. The Hall–Kier alpha value is -4.70. The Kier molecular flexibility index (Phi) is 17.4. The van der Waals surface area contributed by atoms with Crippen molar-refractivity contribution in [2.45, 2.75) is 71.1 Å². The van der Waals surface area contributed by atoms with Gasteiger partial charge in [0.1, 0.15) is 17.7 Å². The Labute approximate surface area is 295 Å². The molecule has 3 aromatic rings. The van der Waals surface area contributed by atoms with Gasteiger partial charge in [0.25, 0.3) is 0 Å². The maximum atomic E-state index is 14.8. The van der Waals surface area contributed by atoms with E-state index in [1.807, 2.05) is 61.7 Å². The van der Waals surface area contributed by atoms with Crippen molar-refractivity contribution >= 4 is 23.8 Å². The lowest BCUT2D eigenvalue weighted by Gasteiger charge is -2.33.